The van der Waals surface area contributed by atoms with Gasteiger partial charge in [-0.05, 0) is 28.1 Å². The highest BCUT2D eigenvalue weighted by Gasteiger charge is 2.30. The smallest absolute Gasteiger partial charge is 0.288 e. The Balaban J connectivity index is 2.63. The van der Waals surface area contributed by atoms with Crippen LogP contribution in [-0.2, 0) is 6.54 Å². The fraction of sp³-hybridized carbons (Fsp3) is 0.500. The molecule has 0 spiro atoms. The Morgan fingerprint density at radius 2 is 2.06 bits per heavy atom. The molecule has 0 aliphatic carbocycles. The normalized spacial score (nSPS) is 12.1. The highest BCUT2D eigenvalue weighted by atomic mass is 79.9. The fourth-order valence-corrected chi connectivity index (χ4v) is 1.79. The lowest BCUT2D eigenvalue weighted by molar-refractivity contribution is -0.146. The first-order valence-electron chi connectivity index (χ1n) is 4.86. The average Bonchev–Trinajstić information content (AvgIpc) is 2.19. The molecule has 0 N–H and O–H groups in total. The molecule has 0 radical (unpaired) electrons. The van der Waals surface area contributed by atoms with Gasteiger partial charge in [0, 0.05) is 29.6 Å². The SMILES string of the molecule is FC(F)(F)CN(CCCl)Cc1ccc(Br)cn1. The predicted molar refractivity (Wildman–Crippen MR) is 64.0 cm³/mol. The van der Waals surface area contributed by atoms with Crippen molar-refractivity contribution in [2.24, 2.45) is 0 Å². The summed E-state index contributed by atoms with van der Waals surface area (Å²) in [6.07, 6.45) is -2.66. The molecule has 0 saturated carbocycles. The van der Waals surface area contributed by atoms with E-state index in [1.165, 1.54) is 4.90 Å². The van der Waals surface area contributed by atoms with Gasteiger partial charge in [0.25, 0.3) is 0 Å². The number of hydrogen-bond donors (Lipinski definition) is 0. The maximum absolute atomic E-state index is 12.3. The van der Waals surface area contributed by atoms with Gasteiger partial charge in [-0.1, -0.05) is 0 Å². The summed E-state index contributed by atoms with van der Waals surface area (Å²) in [6.45, 7) is -0.657. The largest absolute Gasteiger partial charge is 0.401 e. The van der Waals surface area contributed by atoms with E-state index in [2.05, 4.69) is 20.9 Å². The average molecular weight is 332 g/mol. The van der Waals surface area contributed by atoms with Crippen molar-refractivity contribution in [2.45, 2.75) is 12.7 Å². The number of halogens is 5. The summed E-state index contributed by atoms with van der Waals surface area (Å²) in [6, 6.07) is 3.43. The summed E-state index contributed by atoms with van der Waals surface area (Å²) in [5.41, 5.74) is 0.586. The van der Waals surface area contributed by atoms with Crippen molar-refractivity contribution in [1.29, 1.82) is 0 Å². The van der Waals surface area contributed by atoms with E-state index in [4.69, 9.17) is 11.6 Å². The standard InChI is InChI=1S/C10H11BrClF3N2/c11-8-1-2-9(16-5-8)6-17(4-3-12)7-10(13,14)15/h1-2,5H,3-4,6-7H2. The van der Waals surface area contributed by atoms with E-state index in [-0.39, 0.29) is 19.0 Å². The second-order valence-corrected chi connectivity index (χ2v) is 4.78. The molecule has 1 heterocycles. The number of hydrogen-bond acceptors (Lipinski definition) is 2. The van der Waals surface area contributed by atoms with Crippen LogP contribution < -0.4 is 0 Å². The van der Waals surface area contributed by atoms with Crippen LogP contribution >= 0.6 is 27.5 Å². The van der Waals surface area contributed by atoms with Crippen molar-refractivity contribution in [1.82, 2.24) is 9.88 Å². The van der Waals surface area contributed by atoms with Crippen molar-refractivity contribution in [2.75, 3.05) is 19.0 Å². The maximum Gasteiger partial charge on any atom is 0.401 e. The second kappa shape index (κ2) is 6.56. The molecule has 0 amide bonds. The van der Waals surface area contributed by atoms with Crippen molar-refractivity contribution >= 4 is 27.5 Å². The Bertz CT molecular complexity index is 342. The predicted octanol–water partition coefficient (Wildman–Crippen LogP) is 3.45. The van der Waals surface area contributed by atoms with E-state index in [0.717, 1.165) is 4.47 Å². The van der Waals surface area contributed by atoms with Crippen LogP contribution in [0.3, 0.4) is 0 Å². The molecule has 0 saturated heterocycles. The van der Waals surface area contributed by atoms with Crippen LogP contribution in [0.5, 0.6) is 0 Å². The van der Waals surface area contributed by atoms with Gasteiger partial charge in [-0.15, -0.1) is 11.6 Å². The van der Waals surface area contributed by atoms with Crippen LogP contribution in [0, 0.1) is 0 Å². The molecule has 1 aromatic rings. The van der Waals surface area contributed by atoms with Crippen LogP contribution in [0.4, 0.5) is 13.2 Å². The monoisotopic (exact) mass is 330 g/mol. The summed E-state index contributed by atoms with van der Waals surface area (Å²) in [5, 5.41) is 0. The van der Waals surface area contributed by atoms with Crippen LogP contribution in [0.1, 0.15) is 5.69 Å². The van der Waals surface area contributed by atoms with Gasteiger partial charge in [-0.3, -0.25) is 9.88 Å². The molecular formula is C10H11BrClF3N2. The van der Waals surface area contributed by atoms with E-state index < -0.39 is 12.7 Å². The highest BCUT2D eigenvalue weighted by Crippen LogP contribution is 2.18. The van der Waals surface area contributed by atoms with Crippen molar-refractivity contribution in [3.63, 3.8) is 0 Å². The van der Waals surface area contributed by atoms with Gasteiger partial charge in [0.1, 0.15) is 0 Å². The first-order valence-corrected chi connectivity index (χ1v) is 6.19. The molecule has 0 aromatic carbocycles. The quantitative estimate of drug-likeness (QED) is 0.768. The second-order valence-electron chi connectivity index (χ2n) is 3.48. The molecule has 7 heteroatoms. The molecule has 0 atom stereocenters. The Morgan fingerprint density at radius 1 is 1.35 bits per heavy atom. The summed E-state index contributed by atoms with van der Waals surface area (Å²) in [5.74, 6) is 0.159. The summed E-state index contributed by atoms with van der Waals surface area (Å²) in [7, 11) is 0. The molecule has 0 unspecified atom stereocenters. The lowest BCUT2D eigenvalue weighted by Crippen LogP contribution is -2.35. The lowest BCUT2D eigenvalue weighted by Gasteiger charge is -2.22. The third kappa shape index (κ3) is 6.24. The topological polar surface area (TPSA) is 16.1 Å². The zero-order valence-corrected chi connectivity index (χ0v) is 11.2. The minimum atomic E-state index is -4.22. The van der Waals surface area contributed by atoms with Gasteiger partial charge >= 0.3 is 6.18 Å². The van der Waals surface area contributed by atoms with Crippen LogP contribution in [0.15, 0.2) is 22.8 Å². The van der Waals surface area contributed by atoms with Crippen molar-refractivity contribution in [3.8, 4) is 0 Å². The van der Waals surface area contributed by atoms with Gasteiger partial charge in [0.2, 0.25) is 0 Å². The van der Waals surface area contributed by atoms with E-state index in [1.54, 1.807) is 18.3 Å². The first kappa shape index (κ1) is 14.7. The number of aromatic nitrogens is 1. The van der Waals surface area contributed by atoms with Crippen molar-refractivity contribution in [3.05, 3.63) is 28.5 Å². The Morgan fingerprint density at radius 3 is 2.53 bits per heavy atom. The van der Waals surface area contributed by atoms with Gasteiger partial charge in [-0.25, -0.2) is 0 Å². The zero-order chi connectivity index (χ0) is 12.9. The van der Waals surface area contributed by atoms with Gasteiger partial charge in [0.15, 0.2) is 0 Å². The third-order valence-electron chi connectivity index (χ3n) is 1.98. The number of nitrogens with zero attached hydrogens (tertiary/aromatic N) is 2. The molecule has 0 aliphatic rings. The molecule has 0 bridgehead atoms. The van der Waals surface area contributed by atoms with Gasteiger partial charge in [-0.2, -0.15) is 13.2 Å². The molecule has 0 aliphatic heterocycles. The lowest BCUT2D eigenvalue weighted by atomic mass is 10.3. The first-order chi connectivity index (χ1) is 7.90. The molecule has 17 heavy (non-hydrogen) atoms. The van der Waals surface area contributed by atoms with E-state index in [0.29, 0.717) is 5.69 Å². The van der Waals surface area contributed by atoms with Crippen molar-refractivity contribution < 1.29 is 13.2 Å². The van der Waals surface area contributed by atoms with E-state index in [1.807, 2.05) is 0 Å². The van der Waals surface area contributed by atoms with Gasteiger partial charge < -0.3 is 0 Å². The Kier molecular flexibility index (Phi) is 5.69. The molecule has 96 valence electrons. The molecular weight excluding hydrogens is 320 g/mol. The van der Waals surface area contributed by atoms with Crippen LogP contribution in [-0.4, -0.2) is 35.0 Å². The summed E-state index contributed by atoms with van der Waals surface area (Å²) in [4.78, 5) is 5.26. The molecule has 0 fully saturated rings. The Labute approximate surface area is 111 Å². The van der Waals surface area contributed by atoms with Crippen LogP contribution in [0.2, 0.25) is 0 Å². The summed E-state index contributed by atoms with van der Waals surface area (Å²) >= 11 is 8.69. The minimum absolute atomic E-state index is 0.138. The number of pyridine rings is 1. The van der Waals surface area contributed by atoms with Crippen LogP contribution in [0.25, 0.3) is 0 Å². The third-order valence-corrected chi connectivity index (χ3v) is 2.62. The molecule has 1 aromatic heterocycles. The molecule has 1 rings (SSSR count). The Hall–Kier alpha value is -0.330. The summed E-state index contributed by atoms with van der Waals surface area (Å²) < 4.78 is 37.6. The number of rotatable bonds is 5. The van der Waals surface area contributed by atoms with E-state index in [9.17, 15) is 13.2 Å². The zero-order valence-electron chi connectivity index (χ0n) is 8.84. The van der Waals surface area contributed by atoms with E-state index >= 15 is 0 Å². The highest BCUT2D eigenvalue weighted by molar-refractivity contribution is 9.10. The molecule has 2 nitrogen and oxygen atoms in total. The maximum atomic E-state index is 12.3. The fourth-order valence-electron chi connectivity index (χ4n) is 1.32. The number of alkyl halides is 4. The van der Waals surface area contributed by atoms with Gasteiger partial charge in [0.05, 0.1) is 12.2 Å². The minimum Gasteiger partial charge on any atom is -0.288 e.